The standard InChI is InChI=1S/C11H11FN2/c1-6-2-3-7-9(12)4-10-8(11(6)7)5-13-14-10/h4-6H,2-3H2,1H3,(H,13,14). The van der Waals surface area contributed by atoms with Crippen LogP contribution in [0.25, 0.3) is 10.9 Å². The van der Waals surface area contributed by atoms with E-state index in [-0.39, 0.29) is 5.82 Å². The van der Waals surface area contributed by atoms with Gasteiger partial charge in [-0.05, 0) is 36.0 Å². The molecule has 1 aromatic heterocycles. The van der Waals surface area contributed by atoms with Crippen LogP contribution in [0.4, 0.5) is 4.39 Å². The number of halogens is 1. The van der Waals surface area contributed by atoms with Gasteiger partial charge in [-0.15, -0.1) is 0 Å². The number of nitrogens with one attached hydrogen (secondary N) is 1. The van der Waals surface area contributed by atoms with Gasteiger partial charge in [-0.2, -0.15) is 5.10 Å². The number of hydrogen-bond donors (Lipinski definition) is 1. The van der Waals surface area contributed by atoms with Gasteiger partial charge in [0.2, 0.25) is 0 Å². The molecule has 0 amide bonds. The third kappa shape index (κ3) is 0.870. The fourth-order valence-corrected chi connectivity index (χ4v) is 2.45. The lowest BCUT2D eigenvalue weighted by Gasteiger charge is -2.06. The topological polar surface area (TPSA) is 28.7 Å². The second-order valence-corrected chi connectivity index (χ2v) is 4.02. The van der Waals surface area contributed by atoms with Crippen molar-refractivity contribution in [3.8, 4) is 0 Å². The molecule has 3 rings (SSSR count). The SMILES string of the molecule is CC1CCc2c(F)cc3[nH]ncc3c21. The van der Waals surface area contributed by atoms with E-state index in [2.05, 4.69) is 17.1 Å². The smallest absolute Gasteiger partial charge is 0.128 e. The van der Waals surface area contributed by atoms with E-state index in [1.165, 1.54) is 0 Å². The molecule has 2 aromatic rings. The number of rotatable bonds is 0. The summed E-state index contributed by atoms with van der Waals surface area (Å²) in [4.78, 5) is 0. The summed E-state index contributed by atoms with van der Waals surface area (Å²) in [5.41, 5.74) is 2.87. The Hall–Kier alpha value is -1.38. The first kappa shape index (κ1) is 7.97. The molecule has 1 atom stereocenters. The maximum atomic E-state index is 13.6. The quantitative estimate of drug-likeness (QED) is 0.679. The molecule has 0 bridgehead atoms. The normalized spacial score (nSPS) is 20.3. The van der Waals surface area contributed by atoms with Gasteiger partial charge in [0.1, 0.15) is 5.82 Å². The van der Waals surface area contributed by atoms with Gasteiger partial charge in [-0.1, -0.05) is 6.92 Å². The zero-order valence-corrected chi connectivity index (χ0v) is 7.97. The maximum Gasteiger partial charge on any atom is 0.128 e. The van der Waals surface area contributed by atoms with Crippen molar-refractivity contribution in [1.29, 1.82) is 0 Å². The Morgan fingerprint density at radius 2 is 2.43 bits per heavy atom. The van der Waals surface area contributed by atoms with Crippen LogP contribution in [-0.2, 0) is 6.42 Å². The van der Waals surface area contributed by atoms with Crippen molar-refractivity contribution >= 4 is 10.9 Å². The summed E-state index contributed by atoms with van der Waals surface area (Å²) in [6.07, 6.45) is 3.72. The summed E-state index contributed by atoms with van der Waals surface area (Å²) in [5.74, 6) is 0.377. The molecule has 2 nitrogen and oxygen atoms in total. The summed E-state index contributed by atoms with van der Waals surface area (Å²) in [6.45, 7) is 2.15. The second-order valence-electron chi connectivity index (χ2n) is 4.02. The van der Waals surface area contributed by atoms with Gasteiger partial charge in [0.05, 0.1) is 11.7 Å². The van der Waals surface area contributed by atoms with E-state index in [1.807, 2.05) is 0 Å². The number of nitrogens with zero attached hydrogens (tertiary/aromatic N) is 1. The number of aromatic amines is 1. The molecular weight excluding hydrogens is 179 g/mol. The fourth-order valence-electron chi connectivity index (χ4n) is 2.45. The molecule has 1 aliphatic carbocycles. The van der Waals surface area contributed by atoms with Gasteiger partial charge in [-0.25, -0.2) is 4.39 Å². The first-order valence-corrected chi connectivity index (χ1v) is 4.91. The predicted molar refractivity (Wildman–Crippen MR) is 52.8 cm³/mol. The van der Waals surface area contributed by atoms with Crippen LogP contribution in [-0.4, -0.2) is 10.2 Å². The zero-order valence-electron chi connectivity index (χ0n) is 7.97. The zero-order chi connectivity index (χ0) is 9.71. The molecule has 0 spiro atoms. The number of benzene rings is 1. The van der Waals surface area contributed by atoms with Crippen LogP contribution in [0.3, 0.4) is 0 Å². The van der Waals surface area contributed by atoms with Crippen LogP contribution in [0.2, 0.25) is 0 Å². The molecule has 1 heterocycles. The molecule has 0 saturated heterocycles. The van der Waals surface area contributed by atoms with E-state index in [9.17, 15) is 4.39 Å². The minimum absolute atomic E-state index is 0.0823. The number of H-pyrrole nitrogens is 1. The van der Waals surface area contributed by atoms with Crippen molar-refractivity contribution < 1.29 is 4.39 Å². The molecular formula is C11H11FN2. The minimum Gasteiger partial charge on any atom is -0.278 e. The Kier molecular flexibility index (Phi) is 1.46. The van der Waals surface area contributed by atoms with Crippen molar-refractivity contribution in [1.82, 2.24) is 10.2 Å². The molecule has 3 heteroatoms. The van der Waals surface area contributed by atoms with Gasteiger partial charge in [-0.3, -0.25) is 5.10 Å². The highest BCUT2D eigenvalue weighted by atomic mass is 19.1. The highest BCUT2D eigenvalue weighted by Gasteiger charge is 2.24. The number of fused-ring (bicyclic) bond motifs is 3. The van der Waals surface area contributed by atoms with Crippen molar-refractivity contribution in [3.63, 3.8) is 0 Å². The number of hydrogen-bond acceptors (Lipinski definition) is 1. The monoisotopic (exact) mass is 190 g/mol. The lowest BCUT2D eigenvalue weighted by Crippen LogP contribution is -1.91. The number of aromatic nitrogens is 2. The molecule has 0 fully saturated rings. The highest BCUT2D eigenvalue weighted by Crippen LogP contribution is 2.38. The Balaban J connectivity index is 2.45. The Bertz CT molecular complexity index is 501. The van der Waals surface area contributed by atoms with Gasteiger partial charge in [0.15, 0.2) is 0 Å². The largest absolute Gasteiger partial charge is 0.278 e. The molecule has 0 saturated carbocycles. The minimum atomic E-state index is -0.0823. The molecule has 1 aromatic carbocycles. The first-order chi connectivity index (χ1) is 6.77. The lowest BCUT2D eigenvalue weighted by molar-refractivity contribution is 0.614. The molecule has 1 aliphatic rings. The van der Waals surface area contributed by atoms with E-state index in [1.54, 1.807) is 12.3 Å². The van der Waals surface area contributed by atoms with E-state index >= 15 is 0 Å². The highest BCUT2D eigenvalue weighted by molar-refractivity contribution is 5.84. The Labute approximate surface area is 81.1 Å². The average Bonchev–Trinajstić information content (AvgIpc) is 2.71. The van der Waals surface area contributed by atoms with E-state index < -0.39 is 0 Å². The predicted octanol–water partition coefficient (Wildman–Crippen LogP) is 2.75. The Morgan fingerprint density at radius 1 is 1.57 bits per heavy atom. The molecule has 0 radical (unpaired) electrons. The summed E-state index contributed by atoms with van der Waals surface area (Å²) < 4.78 is 13.6. The van der Waals surface area contributed by atoms with Gasteiger partial charge < -0.3 is 0 Å². The van der Waals surface area contributed by atoms with Crippen LogP contribution in [0, 0.1) is 5.82 Å². The van der Waals surface area contributed by atoms with Gasteiger partial charge in [0, 0.05) is 5.39 Å². The summed E-state index contributed by atoms with van der Waals surface area (Å²) in [7, 11) is 0. The third-order valence-corrected chi connectivity index (χ3v) is 3.16. The van der Waals surface area contributed by atoms with Crippen molar-refractivity contribution in [3.05, 3.63) is 29.2 Å². The average molecular weight is 190 g/mol. The van der Waals surface area contributed by atoms with E-state index in [0.29, 0.717) is 5.92 Å². The summed E-state index contributed by atoms with van der Waals surface area (Å²) in [5, 5.41) is 7.87. The molecule has 72 valence electrons. The second kappa shape index (κ2) is 2.56. The van der Waals surface area contributed by atoms with Crippen LogP contribution < -0.4 is 0 Å². The molecule has 0 aliphatic heterocycles. The van der Waals surface area contributed by atoms with Gasteiger partial charge >= 0.3 is 0 Å². The third-order valence-electron chi connectivity index (χ3n) is 3.16. The van der Waals surface area contributed by atoms with Crippen LogP contribution >= 0.6 is 0 Å². The summed E-state index contributed by atoms with van der Waals surface area (Å²) in [6, 6.07) is 1.55. The fraction of sp³-hybridized carbons (Fsp3) is 0.364. The van der Waals surface area contributed by atoms with Gasteiger partial charge in [0.25, 0.3) is 0 Å². The summed E-state index contributed by atoms with van der Waals surface area (Å²) >= 11 is 0. The van der Waals surface area contributed by atoms with Crippen molar-refractivity contribution in [2.24, 2.45) is 0 Å². The molecule has 14 heavy (non-hydrogen) atoms. The van der Waals surface area contributed by atoms with E-state index in [0.717, 1.165) is 34.9 Å². The Morgan fingerprint density at radius 3 is 3.29 bits per heavy atom. The van der Waals surface area contributed by atoms with Crippen LogP contribution in [0.1, 0.15) is 30.4 Å². The maximum absolute atomic E-state index is 13.6. The lowest BCUT2D eigenvalue weighted by atomic mass is 9.99. The van der Waals surface area contributed by atoms with E-state index in [4.69, 9.17) is 0 Å². The molecule has 1 N–H and O–H groups in total. The van der Waals surface area contributed by atoms with Crippen molar-refractivity contribution in [2.75, 3.05) is 0 Å². The first-order valence-electron chi connectivity index (χ1n) is 4.91. The van der Waals surface area contributed by atoms with Crippen molar-refractivity contribution in [2.45, 2.75) is 25.7 Å². The van der Waals surface area contributed by atoms with Crippen LogP contribution in [0.15, 0.2) is 12.3 Å². The molecule has 1 unspecified atom stereocenters. The van der Waals surface area contributed by atoms with Crippen LogP contribution in [0.5, 0.6) is 0 Å².